The number of aromatic nitrogens is 1. The molecule has 2 aliphatic carbocycles. The Hall–Kier alpha value is -2.17. The SMILES string of the molecule is O=C(CCC1CCN(C(=O)[C@@H]2C[C@H]3C=C[C@@H]2C3)CC1)NCc1cccnc1. The summed E-state index contributed by atoms with van der Waals surface area (Å²) in [4.78, 5) is 31.0. The average molecular weight is 367 g/mol. The molecule has 3 atom stereocenters. The first kappa shape index (κ1) is 18.2. The minimum Gasteiger partial charge on any atom is -0.352 e. The van der Waals surface area contributed by atoms with E-state index in [1.807, 2.05) is 12.1 Å². The van der Waals surface area contributed by atoms with Crippen molar-refractivity contribution < 1.29 is 9.59 Å². The van der Waals surface area contributed by atoms with Crippen LogP contribution in [0.5, 0.6) is 0 Å². The van der Waals surface area contributed by atoms with E-state index in [4.69, 9.17) is 0 Å². The summed E-state index contributed by atoms with van der Waals surface area (Å²) in [7, 11) is 0. The Labute approximate surface area is 161 Å². The van der Waals surface area contributed by atoms with Gasteiger partial charge in [-0.05, 0) is 61.5 Å². The van der Waals surface area contributed by atoms with Crippen LogP contribution in [0.1, 0.15) is 44.1 Å². The lowest BCUT2D eigenvalue weighted by molar-refractivity contribution is -0.138. The minimum atomic E-state index is 0.103. The highest BCUT2D eigenvalue weighted by atomic mass is 16.2. The molecular weight excluding hydrogens is 338 g/mol. The van der Waals surface area contributed by atoms with E-state index >= 15 is 0 Å². The van der Waals surface area contributed by atoms with Crippen molar-refractivity contribution >= 4 is 11.8 Å². The molecule has 27 heavy (non-hydrogen) atoms. The van der Waals surface area contributed by atoms with E-state index in [2.05, 4.69) is 27.4 Å². The van der Waals surface area contributed by atoms with E-state index in [0.29, 0.717) is 36.6 Å². The molecule has 1 N–H and O–H groups in total. The molecule has 0 radical (unpaired) electrons. The van der Waals surface area contributed by atoms with Gasteiger partial charge in [-0.2, -0.15) is 0 Å². The van der Waals surface area contributed by atoms with E-state index < -0.39 is 0 Å². The maximum absolute atomic E-state index is 12.8. The fourth-order valence-electron chi connectivity index (χ4n) is 4.87. The Morgan fingerprint density at radius 1 is 1.19 bits per heavy atom. The monoisotopic (exact) mass is 367 g/mol. The zero-order valence-corrected chi connectivity index (χ0v) is 15.8. The van der Waals surface area contributed by atoms with Gasteiger partial charge >= 0.3 is 0 Å². The smallest absolute Gasteiger partial charge is 0.226 e. The molecule has 0 unspecified atom stereocenters. The van der Waals surface area contributed by atoms with Crippen molar-refractivity contribution in [3.63, 3.8) is 0 Å². The molecule has 0 spiro atoms. The topological polar surface area (TPSA) is 62.3 Å². The second kappa shape index (κ2) is 8.24. The van der Waals surface area contributed by atoms with Gasteiger partial charge in [0.05, 0.1) is 0 Å². The van der Waals surface area contributed by atoms with Crippen LogP contribution in [-0.2, 0) is 16.1 Å². The van der Waals surface area contributed by atoms with Crippen molar-refractivity contribution in [2.75, 3.05) is 13.1 Å². The van der Waals surface area contributed by atoms with Crippen LogP contribution in [0, 0.1) is 23.7 Å². The molecule has 1 saturated carbocycles. The van der Waals surface area contributed by atoms with Gasteiger partial charge < -0.3 is 10.2 Å². The first-order valence-corrected chi connectivity index (χ1v) is 10.3. The summed E-state index contributed by atoms with van der Waals surface area (Å²) >= 11 is 0. The molecule has 1 aromatic heterocycles. The van der Waals surface area contributed by atoms with Gasteiger partial charge in [0, 0.05) is 44.4 Å². The Bertz CT molecular complexity index is 695. The fraction of sp³-hybridized carbons (Fsp3) is 0.591. The van der Waals surface area contributed by atoms with Crippen LogP contribution in [-0.4, -0.2) is 34.8 Å². The largest absolute Gasteiger partial charge is 0.352 e. The molecule has 2 fully saturated rings. The van der Waals surface area contributed by atoms with E-state index in [-0.39, 0.29) is 11.8 Å². The number of likely N-dealkylation sites (tertiary alicyclic amines) is 1. The maximum atomic E-state index is 12.8. The Kier molecular flexibility index (Phi) is 5.55. The van der Waals surface area contributed by atoms with Gasteiger partial charge in [-0.1, -0.05) is 18.2 Å². The van der Waals surface area contributed by atoms with Gasteiger partial charge in [0.25, 0.3) is 0 Å². The molecule has 144 valence electrons. The predicted octanol–water partition coefficient (Wildman–Crippen LogP) is 2.93. The Balaban J connectivity index is 1.15. The Morgan fingerprint density at radius 2 is 2.04 bits per heavy atom. The number of carbonyl (C=O) groups excluding carboxylic acids is 2. The van der Waals surface area contributed by atoms with Crippen molar-refractivity contribution in [2.24, 2.45) is 23.7 Å². The van der Waals surface area contributed by atoms with Gasteiger partial charge in [0.2, 0.25) is 11.8 Å². The second-order valence-electron chi connectivity index (χ2n) is 8.33. The van der Waals surface area contributed by atoms with Crippen molar-refractivity contribution in [2.45, 2.75) is 45.1 Å². The second-order valence-corrected chi connectivity index (χ2v) is 8.33. The lowest BCUT2D eigenvalue weighted by Gasteiger charge is -2.34. The average Bonchev–Trinajstić information content (AvgIpc) is 3.35. The summed E-state index contributed by atoms with van der Waals surface area (Å²) in [6.45, 7) is 2.26. The van der Waals surface area contributed by atoms with Gasteiger partial charge in [0.1, 0.15) is 0 Å². The first-order chi connectivity index (χ1) is 13.2. The molecule has 2 amide bonds. The number of fused-ring (bicyclic) bond motifs is 2. The molecule has 4 rings (SSSR count). The quantitative estimate of drug-likeness (QED) is 0.787. The molecule has 1 saturated heterocycles. The van der Waals surface area contributed by atoms with E-state index in [1.165, 1.54) is 6.42 Å². The summed E-state index contributed by atoms with van der Waals surface area (Å²) < 4.78 is 0. The number of piperidine rings is 1. The zero-order chi connectivity index (χ0) is 18.6. The molecule has 0 aromatic carbocycles. The van der Waals surface area contributed by atoms with E-state index in [9.17, 15) is 9.59 Å². The lowest BCUT2D eigenvalue weighted by atomic mass is 9.88. The van der Waals surface area contributed by atoms with E-state index in [1.54, 1.807) is 12.4 Å². The van der Waals surface area contributed by atoms with Crippen molar-refractivity contribution in [3.05, 3.63) is 42.2 Å². The maximum Gasteiger partial charge on any atom is 0.226 e. The zero-order valence-electron chi connectivity index (χ0n) is 15.8. The van der Waals surface area contributed by atoms with Crippen LogP contribution in [0.25, 0.3) is 0 Å². The number of rotatable bonds is 6. The number of nitrogens with zero attached hydrogens (tertiary/aromatic N) is 2. The molecular formula is C22H29N3O2. The third-order valence-electron chi connectivity index (χ3n) is 6.51. The molecule has 1 aromatic rings. The number of hydrogen-bond donors (Lipinski definition) is 1. The predicted molar refractivity (Wildman–Crippen MR) is 103 cm³/mol. The molecule has 1 aliphatic heterocycles. The molecule has 3 aliphatic rings. The first-order valence-electron chi connectivity index (χ1n) is 10.3. The highest BCUT2D eigenvalue weighted by molar-refractivity contribution is 5.80. The third-order valence-corrected chi connectivity index (χ3v) is 6.51. The summed E-state index contributed by atoms with van der Waals surface area (Å²) in [5, 5.41) is 2.97. The van der Waals surface area contributed by atoms with Gasteiger partial charge in [-0.25, -0.2) is 0 Å². The number of pyridine rings is 1. The number of hydrogen-bond acceptors (Lipinski definition) is 3. The van der Waals surface area contributed by atoms with Crippen LogP contribution in [0.15, 0.2) is 36.7 Å². The van der Waals surface area contributed by atoms with Crippen LogP contribution in [0.3, 0.4) is 0 Å². The molecule has 5 nitrogen and oxygen atoms in total. The van der Waals surface area contributed by atoms with Crippen LogP contribution in [0.4, 0.5) is 0 Å². The number of carbonyl (C=O) groups is 2. The summed E-state index contributed by atoms with van der Waals surface area (Å²) in [6, 6.07) is 3.84. The van der Waals surface area contributed by atoms with Gasteiger partial charge in [-0.3, -0.25) is 14.6 Å². The van der Waals surface area contributed by atoms with Gasteiger partial charge in [0.15, 0.2) is 0 Å². The highest BCUT2D eigenvalue weighted by Gasteiger charge is 2.41. The highest BCUT2D eigenvalue weighted by Crippen LogP contribution is 2.44. The van der Waals surface area contributed by atoms with Crippen LogP contribution in [0.2, 0.25) is 0 Å². The van der Waals surface area contributed by atoms with Crippen molar-refractivity contribution in [1.29, 1.82) is 0 Å². The van der Waals surface area contributed by atoms with Crippen molar-refractivity contribution in [3.8, 4) is 0 Å². The third kappa shape index (κ3) is 4.40. The standard InChI is InChI=1S/C22H29N3O2/c26-21(24-15-18-2-1-9-23-14-18)6-4-16-7-10-25(11-8-16)22(27)20-13-17-3-5-19(20)12-17/h1-3,5,9,14,16-17,19-20H,4,6-8,10-13,15H2,(H,24,26)/t17-,19+,20+/m0/s1. The summed E-state index contributed by atoms with van der Waals surface area (Å²) in [5.41, 5.74) is 1.02. The normalized spacial score (nSPS) is 27.1. The number of amides is 2. The fourth-order valence-corrected chi connectivity index (χ4v) is 4.87. The molecule has 2 bridgehead atoms. The van der Waals surface area contributed by atoms with Crippen molar-refractivity contribution in [1.82, 2.24) is 15.2 Å². The lowest BCUT2D eigenvalue weighted by Crippen LogP contribution is -2.42. The summed E-state index contributed by atoms with van der Waals surface area (Å²) in [5.74, 6) is 2.40. The van der Waals surface area contributed by atoms with Crippen LogP contribution >= 0.6 is 0 Å². The van der Waals surface area contributed by atoms with Gasteiger partial charge in [-0.15, -0.1) is 0 Å². The molecule has 5 heteroatoms. The molecule has 2 heterocycles. The number of allylic oxidation sites excluding steroid dienone is 2. The number of nitrogens with one attached hydrogen (secondary N) is 1. The van der Waals surface area contributed by atoms with E-state index in [0.717, 1.165) is 44.3 Å². The van der Waals surface area contributed by atoms with Crippen LogP contribution < -0.4 is 5.32 Å². The Morgan fingerprint density at radius 3 is 2.70 bits per heavy atom. The summed E-state index contributed by atoms with van der Waals surface area (Å²) in [6.07, 6.45) is 13.8. The minimum absolute atomic E-state index is 0.103.